The largest absolute Gasteiger partial charge is 0.311 e. The molecule has 2 fully saturated rings. The number of piperidine rings is 1. The molecule has 1 aliphatic heterocycles. The van der Waals surface area contributed by atoms with Crippen LogP contribution in [0.2, 0.25) is 0 Å². The molecule has 20 heavy (non-hydrogen) atoms. The first-order chi connectivity index (χ1) is 9.20. The van der Waals surface area contributed by atoms with Crippen LogP contribution in [0.3, 0.4) is 0 Å². The lowest BCUT2D eigenvalue weighted by Crippen LogP contribution is -2.57. The Morgan fingerprint density at radius 3 is 2.45 bits per heavy atom. The second-order valence-electron chi connectivity index (χ2n) is 7.90. The normalized spacial score (nSPS) is 27.6. The van der Waals surface area contributed by atoms with E-state index in [0.717, 1.165) is 19.4 Å². The van der Waals surface area contributed by atoms with Crippen LogP contribution >= 0.6 is 0 Å². The van der Waals surface area contributed by atoms with Gasteiger partial charge in [-0.05, 0) is 37.6 Å². The molecular formula is C15H30N2O2S. The summed E-state index contributed by atoms with van der Waals surface area (Å²) < 4.78 is 27.5. The monoisotopic (exact) mass is 302 g/mol. The van der Waals surface area contributed by atoms with E-state index in [9.17, 15) is 8.42 Å². The first kappa shape index (κ1) is 16.2. The van der Waals surface area contributed by atoms with E-state index >= 15 is 0 Å². The number of nitrogens with one attached hydrogen (secondary N) is 2. The quantitative estimate of drug-likeness (QED) is 0.841. The van der Waals surface area contributed by atoms with Crippen LogP contribution in [-0.2, 0) is 10.0 Å². The molecule has 1 saturated heterocycles. The van der Waals surface area contributed by atoms with Crippen LogP contribution in [-0.4, -0.2) is 32.3 Å². The third kappa shape index (κ3) is 4.71. The molecule has 2 N–H and O–H groups in total. The van der Waals surface area contributed by atoms with Crippen LogP contribution in [0.25, 0.3) is 0 Å². The van der Waals surface area contributed by atoms with Crippen LogP contribution in [0.5, 0.6) is 0 Å². The van der Waals surface area contributed by atoms with Gasteiger partial charge in [-0.15, -0.1) is 0 Å². The first-order valence-corrected chi connectivity index (χ1v) is 9.60. The molecule has 1 atom stereocenters. The zero-order chi connectivity index (χ0) is 14.9. The lowest BCUT2D eigenvalue weighted by atomic mass is 9.75. The number of hydrogen-bond acceptors (Lipinski definition) is 3. The summed E-state index contributed by atoms with van der Waals surface area (Å²) in [5, 5.41) is 3.66. The van der Waals surface area contributed by atoms with Crippen molar-refractivity contribution in [2.45, 2.75) is 77.3 Å². The van der Waals surface area contributed by atoms with Gasteiger partial charge in [-0.3, -0.25) is 0 Å². The molecule has 0 bridgehead atoms. The fraction of sp³-hybridized carbons (Fsp3) is 1.00. The van der Waals surface area contributed by atoms with E-state index in [1.54, 1.807) is 0 Å². The highest BCUT2D eigenvalue weighted by Crippen LogP contribution is 2.34. The summed E-state index contributed by atoms with van der Waals surface area (Å²) in [4.78, 5) is 0. The van der Waals surface area contributed by atoms with E-state index in [2.05, 4.69) is 10.0 Å². The van der Waals surface area contributed by atoms with Crippen molar-refractivity contribution in [1.29, 1.82) is 0 Å². The minimum atomic E-state index is -3.17. The standard InChI is InChI=1S/C15H30N2O2S/c1-14(2,3)12-20(18,19)17-13-7-10-16-15(11-13)8-5-4-6-9-15/h13,16-17H,4-12H2,1-3H3. The Hall–Kier alpha value is -0.130. The Morgan fingerprint density at radius 1 is 1.20 bits per heavy atom. The molecule has 1 aliphatic carbocycles. The molecule has 2 aliphatic rings. The van der Waals surface area contributed by atoms with Crippen molar-refractivity contribution in [3.8, 4) is 0 Å². The van der Waals surface area contributed by atoms with E-state index in [1.807, 2.05) is 20.8 Å². The molecule has 1 heterocycles. The molecule has 4 nitrogen and oxygen atoms in total. The van der Waals surface area contributed by atoms with Gasteiger partial charge >= 0.3 is 0 Å². The van der Waals surface area contributed by atoms with E-state index in [0.29, 0.717) is 0 Å². The molecular weight excluding hydrogens is 272 g/mol. The summed E-state index contributed by atoms with van der Waals surface area (Å²) in [5.74, 6) is 0.205. The minimum absolute atomic E-state index is 0.113. The molecule has 0 amide bonds. The van der Waals surface area contributed by atoms with Crippen LogP contribution in [0.1, 0.15) is 65.7 Å². The Labute approximate surface area is 124 Å². The maximum atomic E-state index is 12.3. The first-order valence-electron chi connectivity index (χ1n) is 7.95. The molecule has 1 spiro atoms. The van der Waals surface area contributed by atoms with Crippen molar-refractivity contribution >= 4 is 10.0 Å². The fourth-order valence-electron chi connectivity index (χ4n) is 3.73. The molecule has 0 radical (unpaired) electrons. The Bertz CT molecular complexity index is 414. The van der Waals surface area contributed by atoms with Crippen molar-refractivity contribution in [3.05, 3.63) is 0 Å². The highest BCUT2D eigenvalue weighted by atomic mass is 32.2. The molecule has 1 unspecified atom stereocenters. The third-order valence-corrected chi connectivity index (χ3v) is 6.35. The average Bonchev–Trinajstić information content (AvgIpc) is 2.25. The SMILES string of the molecule is CC(C)(C)CS(=O)(=O)NC1CCNC2(CCCCC2)C1. The van der Waals surface area contributed by atoms with Gasteiger partial charge in [-0.25, -0.2) is 13.1 Å². The zero-order valence-electron chi connectivity index (χ0n) is 13.2. The number of hydrogen-bond donors (Lipinski definition) is 2. The van der Waals surface area contributed by atoms with Crippen LogP contribution in [0.15, 0.2) is 0 Å². The van der Waals surface area contributed by atoms with Gasteiger partial charge in [0.2, 0.25) is 10.0 Å². The maximum Gasteiger partial charge on any atom is 0.212 e. The topological polar surface area (TPSA) is 58.2 Å². The van der Waals surface area contributed by atoms with Gasteiger partial charge < -0.3 is 5.32 Å². The predicted octanol–water partition coefficient (Wildman–Crippen LogP) is 2.41. The van der Waals surface area contributed by atoms with Crippen molar-refractivity contribution in [1.82, 2.24) is 10.0 Å². The van der Waals surface area contributed by atoms with Crippen molar-refractivity contribution in [3.63, 3.8) is 0 Å². The predicted molar refractivity (Wildman–Crippen MR) is 83.2 cm³/mol. The zero-order valence-corrected chi connectivity index (χ0v) is 14.0. The van der Waals surface area contributed by atoms with Crippen LogP contribution < -0.4 is 10.0 Å². The number of sulfonamides is 1. The molecule has 0 aromatic rings. The maximum absolute atomic E-state index is 12.3. The van der Waals surface area contributed by atoms with Crippen LogP contribution in [0.4, 0.5) is 0 Å². The fourth-order valence-corrected chi connectivity index (χ4v) is 5.67. The average molecular weight is 302 g/mol. The van der Waals surface area contributed by atoms with Gasteiger partial charge in [0.15, 0.2) is 0 Å². The Morgan fingerprint density at radius 2 is 1.85 bits per heavy atom. The van der Waals surface area contributed by atoms with Crippen molar-refractivity contribution in [2.75, 3.05) is 12.3 Å². The van der Waals surface area contributed by atoms with Gasteiger partial charge in [0.1, 0.15) is 0 Å². The van der Waals surface area contributed by atoms with Gasteiger partial charge in [0.25, 0.3) is 0 Å². The molecule has 0 aromatic carbocycles. The van der Waals surface area contributed by atoms with Gasteiger partial charge in [-0.1, -0.05) is 40.0 Å². The molecule has 1 saturated carbocycles. The smallest absolute Gasteiger partial charge is 0.212 e. The molecule has 118 valence electrons. The van der Waals surface area contributed by atoms with Crippen molar-refractivity contribution in [2.24, 2.45) is 5.41 Å². The van der Waals surface area contributed by atoms with Gasteiger partial charge in [-0.2, -0.15) is 0 Å². The summed E-state index contributed by atoms with van der Waals surface area (Å²) in [6, 6.07) is 0.113. The molecule has 5 heteroatoms. The summed E-state index contributed by atoms with van der Waals surface area (Å²) in [6.45, 7) is 6.84. The molecule has 0 aromatic heterocycles. The van der Waals surface area contributed by atoms with Gasteiger partial charge in [0, 0.05) is 11.6 Å². The van der Waals surface area contributed by atoms with E-state index in [1.165, 1.54) is 32.1 Å². The minimum Gasteiger partial charge on any atom is -0.311 e. The lowest BCUT2D eigenvalue weighted by molar-refractivity contribution is 0.165. The summed E-state index contributed by atoms with van der Waals surface area (Å²) in [7, 11) is -3.17. The highest BCUT2D eigenvalue weighted by molar-refractivity contribution is 7.89. The lowest BCUT2D eigenvalue weighted by Gasteiger charge is -2.44. The Kier molecular flexibility index (Phi) is 4.82. The van der Waals surface area contributed by atoms with E-state index in [-0.39, 0.29) is 22.7 Å². The van der Waals surface area contributed by atoms with Crippen molar-refractivity contribution < 1.29 is 8.42 Å². The van der Waals surface area contributed by atoms with E-state index < -0.39 is 10.0 Å². The molecule has 2 rings (SSSR count). The third-order valence-electron chi connectivity index (χ3n) is 4.41. The summed E-state index contributed by atoms with van der Waals surface area (Å²) in [5.41, 5.74) is 0.00664. The Balaban J connectivity index is 1.96. The van der Waals surface area contributed by atoms with Crippen LogP contribution in [0, 0.1) is 5.41 Å². The second kappa shape index (κ2) is 5.93. The van der Waals surface area contributed by atoms with Gasteiger partial charge in [0.05, 0.1) is 5.75 Å². The number of rotatable bonds is 3. The van der Waals surface area contributed by atoms with E-state index in [4.69, 9.17) is 0 Å². The second-order valence-corrected chi connectivity index (χ2v) is 9.65. The summed E-state index contributed by atoms with van der Waals surface area (Å²) in [6.07, 6.45) is 8.13. The summed E-state index contributed by atoms with van der Waals surface area (Å²) >= 11 is 0. The highest BCUT2D eigenvalue weighted by Gasteiger charge is 2.38.